The van der Waals surface area contributed by atoms with Gasteiger partial charge in [0.1, 0.15) is 0 Å². The van der Waals surface area contributed by atoms with Gasteiger partial charge in [0.15, 0.2) is 0 Å². The molecule has 0 N–H and O–H groups in total. The molecule has 77 valence electrons. The van der Waals surface area contributed by atoms with Crippen LogP contribution in [0.1, 0.15) is 51.9 Å². The second-order valence-corrected chi connectivity index (χ2v) is 4.74. The first kappa shape index (κ1) is 9.75. The van der Waals surface area contributed by atoms with E-state index in [4.69, 9.17) is 0 Å². The maximum atomic E-state index is 4.23. The molecule has 1 aliphatic heterocycles. The number of nitrogens with zero attached hydrogens (tertiary/aromatic N) is 2. The van der Waals surface area contributed by atoms with Gasteiger partial charge < -0.3 is 0 Å². The van der Waals surface area contributed by atoms with E-state index in [1.54, 1.807) is 0 Å². The van der Waals surface area contributed by atoms with Crippen LogP contribution in [0.4, 0.5) is 0 Å². The first-order valence-electron chi connectivity index (χ1n) is 5.76. The van der Waals surface area contributed by atoms with E-state index in [2.05, 4.69) is 23.5 Å². The topological polar surface area (TPSA) is 26.5 Å². The second kappa shape index (κ2) is 4.16. The zero-order valence-electron chi connectivity index (χ0n) is 9.00. The second-order valence-electron chi connectivity index (χ2n) is 4.74. The van der Waals surface area contributed by atoms with Gasteiger partial charge in [0, 0.05) is 5.41 Å². The third-order valence-electron chi connectivity index (χ3n) is 3.54. The van der Waals surface area contributed by atoms with Crippen molar-refractivity contribution in [3.05, 3.63) is 12.3 Å². The Kier molecular flexibility index (Phi) is 2.90. The SMILES string of the molecule is CC1(C2=N[N]C=C2)CCCCCCC1. The maximum absolute atomic E-state index is 4.23. The molecule has 0 aromatic rings. The van der Waals surface area contributed by atoms with Crippen LogP contribution in [-0.4, -0.2) is 5.71 Å². The molecule has 14 heavy (non-hydrogen) atoms. The Morgan fingerprint density at radius 3 is 2.29 bits per heavy atom. The third kappa shape index (κ3) is 1.99. The molecule has 2 aliphatic rings. The molecule has 0 saturated heterocycles. The van der Waals surface area contributed by atoms with Gasteiger partial charge in [0.25, 0.3) is 0 Å². The van der Waals surface area contributed by atoms with Crippen LogP contribution in [0.5, 0.6) is 0 Å². The summed E-state index contributed by atoms with van der Waals surface area (Å²) in [5.41, 5.74) is 5.46. The monoisotopic (exact) mass is 191 g/mol. The third-order valence-corrected chi connectivity index (χ3v) is 3.54. The predicted molar refractivity (Wildman–Crippen MR) is 59.1 cm³/mol. The molecule has 0 spiro atoms. The van der Waals surface area contributed by atoms with Crippen molar-refractivity contribution in [2.75, 3.05) is 0 Å². The van der Waals surface area contributed by atoms with Crippen LogP contribution in [-0.2, 0) is 0 Å². The van der Waals surface area contributed by atoms with Crippen LogP contribution in [0, 0.1) is 5.41 Å². The van der Waals surface area contributed by atoms with Crippen molar-refractivity contribution in [2.24, 2.45) is 10.5 Å². The molecule has 2 heteroatoms. The molecule has 0 aromatic heterocycles. The molecule has 1 radical (unpaired) electrons. The summed E-state index contributed by atoms with van der Waals surface area (Å²) in [4.78, 5) is 0. The molecule has 1 aliphatic carbocycles. The van der Waals surface area contributed by atoms with Crippen molar-refractivity contribution >= 4 is 5.71 Å². The highest BCUT2D eigenvalue weighted by Crippen LogP contribution is 2.36. The number of allylic oxidation sites excluding steroid dienone is 1. The molecule has 2 rings (SSSR count). The van der Waals surface area contributed by atoms with Crippen LogP contribution in [0.25, 0.3) is 0 Å². The minimum atomic E-state index is 0.302. The molecule has 2 nitrogen and oxygen atoms in total. The van der Waals surface area contributed by atoms with Gasteiger partial charge in [-0.15, -0.1) is 0 Å². The Labute approximate surface area is 86.5 Å². The van der Waals surface area contributed by atoms with Gasteiger partial charge in [-0.1, -0.05) is 39.0 Å². The summed E-state index contributed by atoms with van der Waals surface area (Å²) in [5.74, 6) is 0. The Morgan fingerprint density at radius 2 is 1.71 bits per heavy atom. The molecular weight excluding hydrogens is 172 g/mol. The fourth-order valence-corrected chi connectivity index (χ4v) is 2.50. The van der Waals surface area contributed by atoms with E-state index in [1.165, 1.54) is 50.7 Å². The van der Waals surface area contributed by atoms with E-state index < -0.39 is 0 Å². The lowest BCUT2D eigenvalue weighted by atomic mass is 9.74. The summed E-state index contributed by atoms with van der Waals surface area (Å²) in [6.45, 7) is 2.35. The maximum Gasteiger partial charge on any atom is 0.0705 e. The molecule has 0 amide bonds. The van der Waals surface area contributed by atoms with Crippen LogP contribution in [0.3, 0.4) is 0 Å². The van der Waals surface area contributed by atoms with Gasteiger partial charge in [-0.05, 0) is 18.9 Å². The first-order valence-corrected chi connectivity index (χ1v) is 5.76. The quantitative estimate of drug-likeness (QED) is 0.608. The molecule has 1 fully saturated rings. The van der Waals surface area contributed by atoms with Gasteiger partial charge >= 0.3 is 0 Å². The van der Waals surface area contributed by atoms with Gasteiger partial charge in [-0.3, -0.25) is 0 Å². The van der Waals surface area contributed by atoms with Gasteiger partial charge in [-0.25, -0.2) is 0 Å². The standard InChI is InChI=1S/C12H19N2/c1-12(11-7-10-13-14-11)8-5-3-2-4-6-9-12/h7,10H,2-6,8-9H2,1H3. The van der Waals surface area contributed by atoms with E-state index in [1.807, 2.05) is 6.20 Å². The van der Waals surface area contributed by atoms with E-state index >= 15 is 0 Å². The van der Waals surface area contributed by atoms with E-state index in [-0.39, 0.29) is 0 Å². The fourth-order valence-electron chi connectivity index (χ4n) is 2.50. The molecular formula is C12H19N2. The van der Waals surface area contributed by atoms with Crippen LogP contribution >= 0.6 is 0 Å². The summed E-state index contributed by atoms with van der Waals surface area (Å²) in [7, 11) is 0. The first-order chi connectivity index (χ1) is 6.81. The lowest BCUT2D eigenvalue weighted by molar-refractivity contribution is 0.335. The highest BCUT2D eigenvalue weighted by Gasteiger charge is 2.30. The molecule has 0 aromatic carbocycles. The van der Waals surface area contributed by atoms with E-state index in [0.717, 1.165) is 0 Å². The average Bonchev–Trinajstić information content (AvgIpc) is 2.65. The Hall–Kier alpha value is -0.790. The van der Waals surface area contributed by atoms with E-state index in [0.29, 0.717) is 5.41 Å². The number of hydrogen-bond donors (Lipinski definition) is 0. The smallest absolute Gasteiger partial charge is 0.0705 e. The van der Waals surface area contributed by atoms with Crippen molar-refractivity contribution in [3.8, 4) is 0 Å². The van der Waals surface area contributed by atoms with Crippen molar-refractivity contribution in [1.82, 2.24) is 5.43 Å². The molecule has 0 bridgehead atoms. The summed E-state index contributed by atoms with van der Waals surface area (Å²) in [6, 6.07) is 0. The molecule has 1 saturated carbocycles. The fraction of sp³-hybridized carbons (Fsp3) is 0.750. The lowest BCUT2D eigenvalue weighted by Crippen LogP contribution is -2.26. The number of rotatable bonds is 1. The van der Waals surface area contributed by atoms with Crippen LogP contribution < -0.4 is 5.43 Å². The molecule has 0 atom stereocenters. The van der Waals surface area contributed by atoms with Crippen molar-refractivity contribution < 1.29 is 0 Å². The summed E-state index contributed by atoms with van der Waals surface area (Å²) in [5, 5.41) is 4.23. The normalized spacial score (nSPS) is 26.2. The van der Waals surface area contributed by atoms with Crippen LogP contribution in [0.2, 0.25) is 0 Å². The van der Waals surface area contributed by atoms with E-state index in [9.17, 15) is 0 Å². The Morgan fingerprint density at radius 1 is 1.07 bits per heavy atom. The minimum Gasteiger partial charge on any atom is -0.159 e. The predicted octanol–water partition coefficient (Wildman–Crippen LogP) is 3.22. The number of hydrogen-bond acceptors (Lipinski definition) is 1. The molecule has 0 unspecified atom stereocenters. The van der Waals surface area contributed by atoms with Crippen molar-refractivity contribution in [2.45, 2.75) is 51.9 Å². The Bertz CT molecular complexity index is 245. The summed E-state index contributed by atoms with van der Waals surface area (Å²) >= 11 is 0. The molecule has 1 heterocycles. The summed E-state index contributed by atoms with van der Waals surface area (Å²) < 4.78 is 0. The highest BCUT2D eigenvalue weighted by atomic mass is 15.3. The average molecular weight is 191 g/mol. The van der Waals surface area contributed by atoms with Gasteiger partial charge in [0.05, 0.1) is 11.9 Å². The van der Waals surface area contributed by atoms with Crippen molar-refractivity contribution in [3.63, 3.8) is 0 Å². The minimum absolute atomic E-state index is 0.302. The van der Waals surface area contributed by atoms with Gasteiger partial charge in [0.2, 0.25) is 0 Å². The zero-order chi connectivity index (χ0) is 9.86. The highest BCUT2D eigenvalue weighted by molar-refractivity contribution is 6.00. The largest absolute Gasteiger partial charge is 0.159 e. The lowest BCUT2D eigenvalue weighted by Gasteiger charge is -2.30. The summed E-state index contributed by atoms with van der Waals surface area (Å²) in [6.07, 6.45) is 13.4. The van der Waals surface area contributed by atoms with Crippen LogP contribution in [0.15, 0.2) is 17.4 Å². The zero-order valence-corrected chi connectivity index (χ0v) is 9.00. The van der Waals surface area contributed by atoms with Crippen molar-refractivity contribution in [1.29, 1.82) is 0 Å². The Balaban J connectivity index is 2.06. The van der Waals surface area contributed by atoms with Gasteiger partial charge in [-0.2, -0.15) is 10.5 Å².